The normalized spacial score (nSPS) is 11.0. The van der Waals surface area contributed by atoms with E-state index in [0.717, 1.165) is 12.2 Å². The molecule has 3 aromatic heterocycles. The number of nitrogens with zero attached hydrogens (tertiary/aromatic N) is 4. The Bertz CT molecular complexity index is 1010. The molecule has 0 bridgehead atoms. The number of hydrogen-bond acceptors (Lipinski definition) is 6. The second-order valence-corrected chi connectivity index (χ2v) is 6.22. The fourth-order valence-electron chi connectivity index (χ4n) is 2.65. The molecular formula is C18H18N4O3. The lowest BCUT2D eigenvalue weighted by molar-refractivity contribution is 0.362. The first-order chi connectivity index (χ1) is 12.0. The molecule has 0 aliphatic rings. The van der Waals surface area contributed by atoms with E-state index in [2.05, 4.69) is 24.0 Å². The van der Waals surface area contributed by atoms with E-state index in [1.807, 2.05) is 12.1 Å². The summed E-state index contributed by atoms with van der Waals surface area (Å²) in [6.45, 7) is 4.50. The monoisotopic (exact) mass is 338 g/mol. The molecule has 0 atom stereocenters. The third kappa shape index (κ3) is 3.38. The standard InChI is InChI=1S/C18H18N4O3/c1-11(2)6-14-8-13(21-25-14)10-22-5-4-16-15(18(22)23)7-12(9-19)17(20-16)24-3/h4-5,7-8,11H,6,10H2,1-3H3. The summed E-state index contributed by atoms with van der Waals surface area (Å²) < 4.78 is 11.9. The van der Waals surface area contributed by atoms with Crippen molar-refractivity contribution in [2.45, 2.75) is 26.8 Å². The van der Waals surface area contributed by atoms with Gasteiger partial charge in [-0.05, 0) is 18.1 Å². The molecule has 3 rings (SSSR count). The number of aromatic nitrogens is 3. The maximum absolute atomic E-state index is 12.7. The first kappa shape index (κ1) is 16.7. The zero-order valence-corrected chi connectivity index (χ0v) is 14.3. The summed E-state index contributed by atoms with van der Waals surface area (Å²) in [5.74, 6) is 1.48. The van der Waals surface area contributed by atoms with Crippen molar-refractivity contribution in [2.75, 3.05) is 7.11 Å². The predicted octanol–water partition coefficient (Wildman–Crippen LogP) is 2.51. The minimum absolute atomic E-state index is 0.210. The molecule has 0 aliphatic carbocycles. The van der Waals surface area contributed by atoms with Crippen LogP contribution in [0, 0.1) is 17.2 Å². The highest BCUT2D eigenvalue weighted by atomic mass is 16.5. The summed E-state index contributed by atoms with van der Waals surface area (Å²) in [6.07, 6.45) is 2.45. The van der Waals surface area contributed by atoms with Crippen LogP contribution in [0.3, 0.4) is 0 Å². The van der Waals surface area contributed by atoms with E-state index in [1.165, 1.54) is 17.7 Å². The molecule has 3 aromatic rings. The third-order valence-electron chi connectivity index (χ3n) is 3.78. The van der Waals surface area contributed by atoms with E-state index in [1.54, 1.807) is 12.3 Å². The quantitative estimate of drug-likeness (QED) is 0.709. The molecule has 7 nitrogen and oxygen atoms in total. The molecule has 0 saturated heterocycles. The molecule has 25 heavy (non-hydrogen) atoms. The van der Waals surface area contributed by atoms with Crippen LogP contribution in [0.1, 0.15) is 30.9 Å². The molecule has 3 heterocycles. The van der Waals surface area contributed by atoms with Crippen molar-refractivity contribution >= 4 is 10.9 Å². The zero-order valence-electron chi connectivity index (χ0n) is 14.3. The lowest BCUT2D eigenvalue weighted by Gasteiger charge is -2.07. The molecule has 0 saturated carbocycles. The Kier molecular flexibility index (Phi) is 4.52. The highest BCUT2D eigenvalue weighted by Crippen LogP contribution is 2.19. The number of ether oxygens (including phenoxy) is 1. The van der Waals surface area contributed by atoms with Gasteiger partial charge in [0.25, 0.3) is 5.56 Å². The van der Waals surface area contributed by atoms with Gasteiger partial charge in [-0.1, -0.05) is 19.0 Å². The Balaban J connectivity index is 1.97. The van der Waals surface area contributed by atoms with Gasteiger partial charge in [-0.3, -0.25) is 4.79 Å². The van der Waals surface area contributed by atoms with E-state index in [4.69, 9.17) is 9.26 Å². The first-order valence-corrected chi connectivity index (χ1v) is 7.94. The average Bonchev–Trinajstić information content (AvgIpc) is 3.02. The van der Waals surface area contributed by atoms with E-state index >= 15 is 0 Å². The molecule has 0 aliphatic heterocycles. The number of hydrogen-bond donors (Lipinski definition) is 0. The Labute approximate surface area is 144 Å². The Hall–Kier alpha value is -3.14. The van der Waals surface area contributed by atoms with Gasteiger partial charge in [-0.2, -0.15) is 5.26 Å². The number of pyridine rings is 2. The maximum atomic E-state index is 12.7. The van der Waals surface area contributed by atoms with Crippen LogP contribution in [0.2, 0.25) is 0 Å². The topological polar surface area (TPSA) is 93.9 Å². The molecule has 0 aromatic carbocycles. The molecule has 0 unspecified atom stereocenters. The Morgan fingerprint density at radius 2 is 2.20 bits per heavy atom. The van der Waals surface area contributed by atoms with E-state index in [9.17, 15) is 10.1 Å². The summed E-state index contributed by atoms with van der Waals surface area (Å²) in [5.41, 5.74) is 1.15. The van der Waals surface area contributed by atoms with Crippen LogP contribution < -0.4 is 10.3 Å². The zero-order chi connectivity index (χ0) is 18.0. The van der Waals surface area contributed by atoms with Gasteiger partial charge in [0.2, 0.25) is 5.88 Å². The lowest BCUT2D eigenvalue weighted by atomic mass is 10.1. The highest BCUT2D eigenvalue weighted by molar-refractivity contribution is 5.80. The first-order valence-electron chi connectivity index (χ1n) is 7.94. The van der Waals surface area contributed by atoms with Crippen molar-refractivity contribution < 1.29 is 9.26 Å². The summed E-state index contributed by atoms with van der Waals surface area (Å²) in [6, 6.07) is 7.08. The van der Waals surface area contributed by atoms with Crippen LogP contribution in [0.4, 0.5) is 0 Å². The summed E-state index contributed by atoms with van der Waals surface area (Å²) in [5, 5.41) is 13.6. The molecule has 0 amide bonds. The minimum Gasteiger partial charge on any atom is -0.480 e. The van der Waals surface area contributed by atoms with Gasteiger partial charge in [0.1, 0.15) is 23.1 Å². The number of fused-ring (bicyclic) bond motifs is 1. The fraction of sp³-hybridized carbons (Fsp3) is 0.333. The van der Waals surface area contributed by atoms with Crippen molar-refractivity contribution in [3.8, 4) is 11.9 Å². The van der Waals surface area contributed by atoms with Crippen LogP contribution in [-0.4, -0.2) is 21.8 Å². The molecule has 7 heteroatoms. The third-order valence-corrected chi connectivity index (χ3v) is 3.78. The van der Waals surface area contributed by atoms with E-state index < -0.39 is 0 Å². The minimum atomic E-state index is -0.238. The van der Waals surface area contributed by atoms with Gasteiger partial charge >= 0.3 is 0 Å². The van der Waals surface area contributed by atoms with E-state index in [0.29, 0.717) is 29.1 Å². The van der Waals surface area contributed by atoms with Gasteiger partial charge in [-0.15, -0.1) is 0 Å². The predicted molar refractivity (Wildman–Crippen MR) is 91.4 cm³/mol. The van der Waals surface area contributed by atoms with Crippen molar-refractivity contribution in [3.05, 3.63) is 51.8 Å². The second-order valence-electron chi connectivity index (χ2n) is 6.22. The molecular weight excluding hydrogens is 320 g/mol. The van der Waals surface area contributed by atoms with Crippen molar-refractivity contribution in [2.24, 2.45) is 5.92 Å². The van der Waals surface area contributed by atoms with Gasteiger partial charge in [0.05, 0.1) is 24.6 Å². The summed E-state index contributed by atoms with van der Waals surface area (Å²) >= 11 is 0. The van der Waals surface area contributed by atoms with Crippen LogP contribution >= 0.6 is 0 Å². The number of methoxy groups -OCH3 is 1. The van der Waals surface area contributed by atoms with Crippen molar-refractivity contribution in [3.63, 3.8) is 0 Å². The smallest absolute Gasteiger partial charge is 0.260 e. The molecule has 0 spiro atoms. The van der Waals surface area contributed by atoms with Crippen LogP contribution in [0.25, 0.3) is 10.9 Å². The summed E-state index contributed by atoms with van der Waals surface area (Å²) in [7, 11) is 1.44. The van der Waals surface area contributed by atoms with Gasteiger partial charge in [0, 0.05) is 18.7 Å². The Morgan fingerprint density at radius 1 is 1.40 bits per heavy atom. The van der Waals surface area contributed by atoms with Gasteiger partial charge < -0.3 is 13.8 Å². The second kappa shape index (κ2) is 6.77. The lowest BCUT2D eigenvalue weighted by Crippen LogP contribution is -2.20. The fourth-order valence-corrected chi connectivity index (χ4v) is 2.65. The number of nitriles is 1. The number of rotatable bonds is 5. The summed E-state index contributed by atoms with van der Waals surface area (Å²) in [4.78, 5) is 16.9. The highest BCUT2D eigenvalue weighted by Gasteiger charge is 2.12. The average molecular weight is 338 g/mol. The molecule has 128 valence electrons. The Morgan fingerprint density at radius 3 is 2.88 bits per heavy atom. The van der Waals surface area contributed by atoms with Crippen LogP contribution in [0.15, 0.2) is 33.7 Å². The molecule has 0 fully saturated rings. The van der Waals surface area contributed by atoms with Gasteiger partial charge in [0.15, 0.2) is 0 Å². The molecule has 0 radical (unpaired) electrons. The molecule has 0 N–H and O–H groups in total. The maximum Gasteiger partial charge on any atom is 0.260 e. The van der Waals surface area contributed by atoms with Crippen LogP contribution in [0.5, 0.6) is 5.88 Å². The van der Waals surface area contributed by atoms with Gasteiger partial charge in [-0.25, -0.2) is 4.98 Å². The van der Waals surface area contributed by atoms with Crippen LogP contribution in [-0.2, 0) is 13.0 Å². The SMILES string of the molecule is COc1nc2ccn(Cc3cc(CC(C)C)on3)c(=O)c2cc1C#N. The van der Waals surface area contributed by atoms with Crippen molar-refractivity contribution in [1.82, 2.24) is 14.7 Å². The van der Waals surface area contributed by atoms with Crippen molar-refractivity contribution in [1.29, 1.82) is 5.26 Å². The van der Waals surface area contributed by atoms with E-state index in [-0.39, 0.29) is 17.0 Å². The largest absolute Gasteiger partial charge is 0.480 e.